The molecule has 0 spiro atoms. The standard InChI is InChI=1S/C20H27NO7/c1-13(22)27-17(19(24)28-20(2,3)4)16-18(23)21(10-11-26-16)12-14-6-8-15(25-5)9-7-14/h6-9,16-17H,10-12H2,1-5H3. The number of esters is 2. The molecule has 1 aliphatic heterocycles. The number of nitrogens with zero attached hydrogens (tertiary/aromatic N) is 1. The maximum atomic E-state index is 12.9. The van der Waals surface area contributed by atoms with Crippen LogP contribution in [0.15, 0.2) is 24.3 Å². The lowest BCUT2D eigenvalue weighted by molar-refractivity contribution is -0.193. The first-order chi connectivity index (χ1) is 13.1. The summed E-state index contributed by atoms with van der Waals surface area (Å²) in [5.41, 5.74) is 0.104. The normalized spacial score (nSPS) is 18.4. The largest absolute Gasteiger partial charge is 0.497 e. The zero-order valence-corrected chi connectivity index (χ0v) is 16.9. The highest BCUT2D eigenvalue weighted by Crippen LogP contribution is 2.20. The lowest BCUT2D eigenvalue weighted by Gasteiger charge is -2.35. The number of ether oxygens (including phenoxy) is 4. The van der Waals surface area contributed by atoms with Gasteiger partial charge < -0.3 is 23.8 Å². The molecule has 154 valence electrons. The molecule has 0 aromatic heterocycles. The average Bonchev–Trinajstić information content (AvgIpc) is 2.61. The second-order valence-corrected chi connectivity index (χ2v) is 7.46. The maximum Gasteiger partial charge on any atom is 0.351 e. The molecule has 1 aliphatic rings. The Morgan fingerprint density at radius 3 is 2.43 bits per heavy atom. The fourth-order valence-electron chi connectivity index (χ4n) is 2.75. The van der Waals surface area contributed by atoms with E-state index in [1.165, 1.54) is 6.92 Å². The number of hydrogen-bond acceptors (Lipinski definition) is 7. The van der Waals surface area contributed by atoms with E-state index in [1.807, 2.05) is 12.1 Å². The number of morpholine rings is 1. The third-order valence-corrected chi connectivity index (χ3v) is 3.95. The van der Waals surface area contributed by atoms with Gasteiger partial charge in [0.1, 0.15) is 11.4 Å². The van der Waals surface area contributed by atoms with E-state index in [9.17, 15) is 14.4 Å². The smallest absolute Gasteiger partial charge is 0.351 e. The molecule has 28 heavy (non-hydrogen) atoms. The number of benzene rings is 1. The maximum absolute atomic E-state index is 12.9. The van der Waals surface area contributed by atoms with Crippen molar-refractivity contribution >= 4 is 17.8 Å². The second kappa shape index (κ2) is 9.05. The van der Waals surface area contributed by atoms with E-state index < -0.39 is 35.7 Å². The molecular weight excluding hydrogens is 366 g/mol. The molecule has 2 rings (SSSR count). The minimum atomic E-state index is -1.46. The van der Waals surface area contributed by atoms with Crippen molar-refractivity contribution in [1.29, 1.82) is 0 Å². The minimum absolute atomic E-state index is 0.215. The summed E-state index contributed by atoms with van der Waals surface area (Å²) < 4.78 is 21.0. The van der Waals surface area contributed by atoms with Gasteiger partial charge in [0, 0.05) is 20.0 Å². The zero-order chi connectivity index (χ0) is 20.9. The first-order valence-electron chi connectivity index (χ1n) is 9.04. The number of amides is 1. The highest BCUT2D eigenvalue weighted by Gasteiger charge is 2.44. The van der Waals surface area contributed by atoms with Crippen molar-refractivity contribution in [2.24, 2.45) is 0 Å². The van der Waals surface area contributed by atoms with Crippen molar-refractivity contribution in [3.63, 3.8) is 0 Å². The van der Waals surface area contributed by atoms with Crippen LogP contribution in [0, 0.1) is 0 Å². The quantitative estimate of drug-likeness (QED) is 0.679. The number of methoxy groups -OCH3 is 1. The van der Waals surface area contributed by atoms with Crippen LogP contribution in [-0.2, 0) is 35.1 Å². The molecule has 0 aliphatic carbocycles. The SMILES string of the molecule is COc1ccc(CN2CCOC(C(OC(C)=O)C(=O)OC(C)(C)C)C2=O)cc1. The van der Waals surface area contributed by atoms with Crippen molar-refractivity contribution in [1.82, 2.24) is 4.90 Å². The molecule has 0 saturated carbocycles. The molecule has 1 aromatic rings. The molecule has 2 atom stereocenters. The molecule has 1 saturated heterocycles. The van der Waals surface area contributed by atoms with Crippen LogP contribution in [0.4, 0.5) is 0 Å². The van der Waals surface area contributed by atoms with Crippen LogP contribution in [0.2, 0.25) is 0 Å². The van der Waals surface area contributed by atoms with E-state index in [0.29, 0.717) is 13.1 Å². The predicted molar refractivity (Wildman–Crippen MR) is 99.6 cm³/mol. The number of rotatable bonds is 6. The zero-order valence-electron chi connectivity index (χ0n) is 16.9. The predicted octanol–water partition coefficient (Wildman–Crippen LogP) is 1.70. The van der Waals surface area contributed by atoms with Gasteiger partial charge in [-0.25, -0.2) is 4.79 Å². The Bertz CT molecular complexity index is 708. The summed E-state index contributed by atoms with van der Waals surface area (Å²) in [5.74, 6) is -1.22. The molecule has 0 bridgehead atoms. The molecule has 0 N–H and O–H groups in total. The fourth-order valence-corrected chi connectivity index (χ4v) is 2.75. The Labute approximate surface area is 164 Å². The van der Waals surface area contributed by atoms with Gasteiger partial charge in [-0.1, -0.05) is 12.1 Å². The van der Waals surface area contributed by atoms with Gasteiger partial charge in [0.25, 0.3) is 5.91 Å². The van der Waals surface area contributed by atoms with Gasteiger partial charge in [-0.05, 0) is 38.5 Å². The van der Waals surface area contributed by atoms with Crippen molar-refractivity contribution in [2.45, 2.75) is 52.0 Å². The first kappa shape index (κ1) is 21.7. The van der Waals surface area contributed by atoms with E-state index >= 15 is 0 Å². The average molecular weight is 393 g/mol. The van der Waals surface area contributed by atoms with Crippen molar-refractivity contribution in [3.8, 4) is 5.75 Å². The summed E-state index contributed by atoms with van der Waals surface area (Å²) in [5, 5.41) is 0. The van der Waals surface area contributed by atoms with E-state index in [4.69, 9.17) is 18.9 Å². The van der Waals surface area contributed by atoms with Gasteiger partial charge in [-0.15, -0.1) is 0 Å². The summed E-state index contributed by atoms with van der Waals surface area (Å²) in [4.78, 5) is 38.5. The van der Waals surface area contributed by atoms with E-state index in [-0.39, 0.29) is 6.61 Å². The van der Waals surface area contributed by atoms with Crippen molar-refractivity contribution < 1.29 is 33.3 Å². The van der Waals surface area contributed by atoms with E-state index in [0.717, 1.165) is 11.3 Å². The van der Waals surface area contributed by atoms with Gasteiger partial charge >= 0.3 is 11.9 Å². The number of hydrogen-bond donors (Lipinski definition) is 0. The van der Waals surface area contributed by atoms with Crippen molar-refractivity contribution in [3.05, 3.63) is 29.8 Å². The van der Waals surface area contributed by atoms with Gasteiger partial charge in [0.15, 0.2) is 6.10 Å². The summed E-state index contributed by atoms with van der Waals surface area (Å²) >= 11 is 0. The van der Waals surface area contributed by atoms with Crippen molar-refractivity contribution in [2.75, 3.05) is 20.3 Å². The number of carbonyl (C=O) groups is 3. The molecule has 2 unspecified atom stereocenters. The molecule has 1 heterocycles. The van der Waals surface area contributed by atoms with Crippen LogP contribution >= 0.6 is 0 Å². The molecule has 8 nitrogen and oxygen atoms in total. The molecule has 8 heteroatoms. The molecule has 0 radical (unpaired) electrons. The lowest BCUT2D eigenvalue weighted by Crippen LogP contribution is -2.56. The third-order valence-electron chi connectivity index (χ3n) is 3.95. The summed E-state index contributed by atoms with van der Waals surface area (Å²) in [6.45, 7) is 7.15. The minimum Gasteiger partial charge on any atom is -0.497 e. The molecular formula is C20H27NO7. The van der Waals surface area contributed by atoms with Crippen LogP contribution < -0.4 is 4.74 Å². The second-order valence-electron chi connectivity index (χ2n) is 7.46. The summed E-state index contributed by atoms with van der Waals surface area (Å²) in [7, 11) is 1.58. The Hall–Kier alpha value is -2.61. The Kier molecular flexibility index (Phi) is 7.01. The third kappa shape index (κ3) is 5.95. The van der Waals surface area contributed by atoms with Crippen LogP contribution in [0.1, 0.15) is 33.3 Å². The summed E-state index contributed by atoms with van der Waals surface area (Å²) in [6.07, 6.45) is -2.70. The first-order valence-corrected chi connectivity index (χ1v) is 9.04. The van der Waals surface area contributed by atoms with Crippen LogP contribution in [-0.4, -0.2) is 60.8 Å². The lowest BCUT2D eigenvalue weighted by atomic mass is 10.1. The van der Waals surface area contributed by atoms with E-state index in [2.05, 4.69) is 0 Å². The number of carbonyl (C=O) groups excluding carboxylic acids is 3. The monoisotopic (exact) mass is 393 g/mol. The van der Waals surface area contributed by atoms with Gasteiger partial charge in [-0.2, -0.15) is 0 Å². The van der Waals surface area contributed by atoms with Gasteiger partial charge in [0.2, 0.25) is 6.10 Å². The van der Waals surface area contributed by atoms with Crippen LogP contribution in [0.25, 0.3) is 0 Å². The fraction of sp³-hybridized carbons (Fsp3) is 0.550. The molecule has 1 fully saturated rings. The molecule has 1 amide bonds. The van der Waals surface area contributed by atoms with Crippen LogP contribution in [0.5, 0.6) is 5.75 Å². The van der Waals surface area contributed by atoms with Gasteiger partial charge in [-0.3, -0.25) is 9.59 Å². The van der Waals surface area contributed by atoms with Gasteiger partial charge in [0.05, 0.1) is 13.7 Å². The Morgan fingerprint density at radius 2 is 1.89 bits per heavy atom. The Morgan fingerprint density at radius 1 is 1.25 bits per heavy atom. The highest BCUT2D eigenvalue weighted by molar-refractivity contribution is 5.90. The highest BCUT2D eigenvalue weighted by atomic mass is 16.6. The molecule has 1 aromatic carbocycles. The Balaban J connectivity index is 2.15. The van der Waals surface area contributed by atoms with Crippen LogP contribution in [0.3, 0.4) is 0 Å². The topological polar surface area (TPSA) is 91.4 Å². The summed E-state index contributed by atoms with van der Waals surface area (Å²) in [6, 6.07) is 7.32. The van der Waals surface area contributed by atoms with E-state index in [1.54, 1.807) is 44.9 Å².